The van der Waals surface area contributed by atoms with Crippen LogP contribution in [-0.4, -0.2) is 67.9 Å². The van der Waals surface area contributed by atoms with Crippen LogP contribution in [0, 0.1) is 5.92 Å². The highest BCUT2D eigenvalue weighted by atomic mass is 32.1. The zero-order valence-electron chi connectivity index (χ0n) is 21.1. The third-order valence-electron chi connectivity index (χ3n) is 7.85. The van der Waals surface area contributed by atoms with Crippen molar-refractivity contribution in [3.05, 3.63) is 53.4 Å². The predicted octanol–water partition coefficient (Wildman–Crippen LogP) is 4.20. The van der Waals surface area contributed by atoms with E-state index >= 15 is 0 Å². The number of carbonyl (C=O) groups is 1. The number of ether oxygens (including phenoxy) is 2. The van der Waals surface area contributed by atoms with E-state index in [9.17, 15) is 9.90 Å². The summed E-state index contributed by atoms with van der Waals surface area (Å²) in [5.41, 5.74) is 1.98. The van der Waals surface area contributed by atoms with E-state index in [4.69, 9.17) is 9.47 Å². The number of thiophene rings is 1. The predicted molar refractivity (Wildman–Crippen MR) is 147 cm³/mol. The number of rotatable bonds is 8. The van der Waals surface area contributed by atoms with Crippen molar-refractivity contribution in [2.75, 3.05) is 50.8 Å². The molecule has 0 radical (unpaired) electrons. The Bertz CT molecular complexity index is 1240. The first-order chi connectivity index (χ1) is 18.1. The smallest absolute Gasteiger partial charge is 0.220 e. The number of carbonyl (C=O) groups excluding carboxylic acids is 1. The van der Waals surface area contributed by atoms with Crippen LogP contribution in [0.15, 0.2) is 47.8 Å². The molecule has 196 valence electrons. The number of fused-ring (bicyclic) bond motifs is 2. The molecular formula is C29H35N3O4S. The van der Waals surface area contributed by atoms with E-state index in [1.165, 1.54) is 15.8 Å². The van der Waals surface area contributed by atoms with E-state index in [0.717, 1.165) is 51.0 Å². The van der Waals surface area contributed by atoms with Crippen LogP contribution in [0.25, 0.3) is 10.1 Å². The average Bonchev–Trinajstić information content (AvgIpc) is 3.69. The van der Waals surface area contributed by atoms with Gasteiger partial charge >= 0.3 is 0 Å². The van der Waals surface area contributed by atoms with Gasteiger partial charge in [-0.15, -0.1) is 11.3 Å². The highest BCUT2D eigenvalue weighted by Crippen LogP contribution is 2.34. The Morgan fingerprint density at radius 2 is 1.89 bits per heavy atom. The van der Waals surface area contributed by atoms with Crippen molar-refractivity contribution in [1.82, 2.24) is 10.2 Å². The fourth-order valence-corrected chi connectivity index (χ4v) is 6.67. The minimum atomic E-state index is -0.821. The van der Waals surface area contributed by atoms with E-state index in [2.05, 4.69) is 44.8 Å². The lowest BCUT2D eigenvalue weighted by molar-refractivity contribution is -0.123. The summed E-state index contributed by atoms with van der Waals surface area (Å²) < 4.78 is 12.7. The maximum absolute atomic E-state index is 13.2. The Labute approximate surface area is 222 Å². The van der Waals surface area contributed by atoms with Crippen LogP contribution in [0.1, 0.15) is 37.4 Å². The molecule has 4 heterocycles. The molecule has 1 amide bonds. The topological polar surface area (TPSA) is 74.3 Å². The first-order valence-electron chi connectivity index (χ1n) is 13.4. The Morgan fingerprint density at radius 1 is 1.05 bits per heavy atom. The number of benzene rings is 2. The van der Waals surface area contributed by atoms with E-state index in [1.807, 2.05) is 18.2 Å². The van der Waals surface area contributed by atoms with E-state index < -0.39 is 6.10 Å². The molecule has 0 aliphatic carbocycles. The summed E-state index contributed by atoms with van der Waals surface area (Å²) in [5.74, 6) is 1.67. The number of amides is 1. The Hall–Kier alpha value is -2.81. The quantitative estimate of drug-likeness (QED) is 0.463. The summed E-state index contributed by atoms with van der Waals surface area (Å²) in [6.07, 6.45) is 2.98. The monoisotopic (exact) mass is 521 g/mol. The van der Waals surface area contributed by atoms with Crippen molar-refractivity contribution in [3.63, 3.8) is 0 Å². The number of aliphatic hydroxyl groups excluding tert-OH is 1. The van der Waals surface area contributed by atoms with Gasteiger partial charge in [-0.25, -0.2) is 0 Å². The van der Waals surface area contributed by atoms with Gasteiger partial charge in [0.05, 0.1) is 6.04 Å². The molecule has 2 N–H and O–H groups in total. The number of aliphatic hydroxyl groups is 1. The van der Waals surface area contributed by atoms with Crippen molar-refractivity contribution in [1.29, 1.82) is 0 Å². The first kappa shape index (κ1) is 24.5. The van der Waals surface area contributed by atoms with Crippen LogP contribution in [0.3, 0.4) is 0 Å². The standard InChI is InChI=1S/C29H35N3O4S/c33-28(15-20-7-11-32(18-20)23-5-3-21-8-14-37-27(21)17-23)30-24(19-31-9-1-2-10-31)29(34)22-4-6-25-26(16-22)36-13-12-35-25/h3-6,8,14,16-17,20,24,29,34H,1-2,7,9-13,15,18-19H2,(H,30,33). The lowest BCUT2D eigenvalue weighted by Gasteiger charge is -2.30. The second kappa shape index (κ2) is 10.9. The molecule has 3 aliphatic heterocycles. The fraction of sp³-hybridized carbons (Fsp3) is 0.483. The lowest BCUT2D eigenvalue weighted by atomic mass is 9.99. The molecule has 3 aromatic rings. The summed E-state index contributed by atoms with van der Waals surface area (Å²) >= 11 is 1.77. The van der Waals surface area contributed by atoms with Crippen molar-refractivity contribution in [2.24, 2.45) is 5.92 Å². The van der Waals surface area contributed by atoms with Gasteiger partial charge in [-0.1, -0.05) is 12.1 Å². The second-order valence-electron chi connectivity index (χ2n) is 10.5. The molecule has 3 atom stereocenters. The van der Waals surface area contributed by atoms with Gasteiger partial charge in [0.25, 0.3) is 0 Å². The SMILES string of the molecule is O=C(CC1CCN(c2ccc3ccsc3c2)C1)NC(CN1CCCC1)C(O)c1ccc2c(c1)OCCO2. The molecule has 2 aromatic carbocycles. The van der Waals surface area contributed by atoms with Gasteiger partial charge in [-0.2, -0.15) is 0 Å². The average molecular weight is 522 g/mol. The largest absolute Gasteiger partial charge is 0.486 e. The van der Waals surface area contributed by atoms with Crippen molar-refractivity contribution >= 4 is 33.0 Å². The molecule has 37 heavy (non-hydrogen) atoms. The Kier molecular flexibility index (Phi) is 7.22. The van der Waals surface area contributed by atoms with Gasteiger partial charge in [0, 0.05) is 36.4 Å². The van der Waals surface area contributed by atoms with Crippen LogP contribution >= 0.6 is 11.3 Å². The third kappa shape index (κ3) is 5.56. The molecule has 6 rings (SSSR count). The van der Waals surface area contributed by atoms with Gasteiger partial charge in [0.15, 0.2) is 11.5 Å². The molecule has 1 aromatic heterocycles. The van der Waals surface area contributed by atoms with E-state index in [0.29, 0.717) is 43.6 Å². The van der Waals surface area contributed by atoms with Gasteiger partial charge in [0.2, 0.25) is 5.91 Å². The number of hydrogen-bond acceptors (Lipinski definition) is 7. The normalized spacial score (nSPS) is 21.3. The van der Waals surface area contributed by atoms with Gasteiger partial charge in [0.1, 0.15) is 19.3 Å². The summed E-state index contributed by atoms with van der Waals surface area (Å²) in [6.45, 7) is 5.53. The molecule has 2 fully saturated rings. The van der Waals surface area contributed by atoms with Gasteiger partial charge in [-0.3, -0.25) is 4.79 Å². The summed E-state index contributed by atoms with van der Waals surface area (Å²) in [4.78, 5) is 18.0. The Morgan fingerprint density at radius 3 is 2.76 bits per heavy atom. The minimum absolute atomic E-state index is 0.0151. The maximum atomic E-state index is 13.2. The van der Waals surface area contributed by atoms with Gasteiger partial charge < -0.3 is 29.7 Å². The zero-order chi connectivity index (χ0) is 25.2. The summed E-state index contributed by atoms with van der Waals surface area (Å²) in [5, 5.41) is 18.0. The highest BCUT2D eigenvalue weighted by molar-refractivity contribution is 7.17. The molecule has 7 nitrogen and oxygen atoms in total. The molecule has 2 saturated heterocycles. The first-order valence-corrected chi connectivity index (χ1v) is 14.3. The highest BCUT2D eigenvalue weighted by Gasteiger charge is 2.30. The second-order valence-corrected chi connectivity index (χ2v) is 11.4. The van der Waals surface area contributed by atoms with Crippen LogP contribution in [-0.2, 0) is 4.79 Å². The molecule has 0 saturated carbocycles. The summed E-state index contributed by atoms with van der Waals surface area (Å²) in [7, 11) is 0. The van der Waals surface area contributed by atoms with Crippen LogP contribution in [0.4, 0.5) is 5.69 Å². The summed E-state index contributed by atoms with van der Waals surface area (Å²) in [6, 6.07) is 14.0. The fourth-order valence-electron chi connectivity index (χ4n) is 5.85. The molecule has 0 spiro atoms. The van der Waals surface area contributed by atoms with Crippen molar-refractivity contribution in [3.8, 4) is 11.5 Å². The number of likely N-dealkylation sites (tertiary alicyclic amines) is 1. The third-order valence-corrected chi connectivity index (χ3v) is 8.73. The Balaban J connectivity index is 1.10. The number of hydrogen-bond donors (Lipinski definition) is 2. The van der Waals surface area contributed by atoms with Crippen molar-refractivity contribution < 1.29 is 19.4 Å². The number of anilines is 1. The molecule has 8 heteroatoms. The number of nitrogens with zero attached hydrogens (tertiary/aromatic N) is 2. The van der Waals surface area contributed by atoms with Gasteiger partial charge in [-0.05, 0) is 84.9 Å². The number of nitrogens with one attached hydrogen (secondary N) is 1. The van der Waals surface area contributed by atoms with Crippen LogP contribution in [0.5, 0.6) is 11.5 Å². The maximum Gasteiger partial charge on any atom is 0.220 e. The minimum Gasteiger partial charge on any atom is -0.486 e. The van der Waals surface area contributed by atoms with E-state index in [-0.39, 0.29) is 11.9 Å². The molecule has 3 aliphatic rings. The molecule has 3 unspecified atom stereocenters. The van der Waals surface area contributed by atoms with Crippen LogP contribution < -0.4 is 19.7 Å². The lowest BCUT2D eigenvalue weighted by Crippen LogP contribution is -2.47. The van der Waals surface area contributed by atoms with Crippen LogP contribution in [0.2, 0.25) is 0 Å². The van der Waals surface area contributed by atoms with Crippen molar-refractivity contribution in [2.45, 2.75) is 37.8 Å². The zero-order valence-corrected chi connectivity index (χ0v) is 21.9. The molecular weight excluding hydrogens is 486 g/mol. The molecule has 0 bridgehead atoms. The van der Waals surface area contributed by atoms with E-state index in [1.54, 1.807) is 11.3 Å².